The molecular formula is C40H22N2O. The summed E-state index contributed by atoms with van der Waals surface area (Å²) >= 11 is 0. The van der Waals surface area contributed by atoms with Crippen molar-refractivity contribution in [3.05, 3.63) is 133 Å². The van der Waals surface area contributed by atoms with Crippen LogP contribution in [-0.2, 0) is 0 Å². The summed E-state index contributed by atoms with van der Waals surface area (Å²) in [4.78, 5) is 0. The molecule has 0 spiro atoms. The Kier molecular flexibility index (Phi) is 3.83. The maximum absolute atomic E-state index is 6.19. The Balaban J connectivity index is 1.36. The van der Waals surface area contributed by atoms with Crippen molar-refractivity contribution in [2.24, 2.45) is 0 Å². The highest BCUT2D eigenvalue weighted by Gasteiger charge is 2.27. The third-order valence-corrected chi connectivity index (χ3v) is 9.61. The first-order chi connectivity index (χ1) is 21.3. The third kappa shape index (κ3) is 2.58. The Bertz CT molecular complexity index is 2830. The first-order valence-corrected chi connectivity index (χ1v) is 14.8. The van der Waals surface area contributed by atoms with E-state index in [1.807, 2.05) is 12.1 Å². The van der Waals surface area contributed by atoms with Crippen LogP contribution in [0.1, 0.15) is 0 Å². The molecular weight excluding hydrogens is 524 g/mol. The number of furan rings is 1. The van der Waals surface area contributed by atoms with Gasteiger partial charge < -0.3 is 13.6 Å². The highest BCUT2D eigenvalue weighted by Crippen LogP contribution is 2.51. The summed E-state index contributed by atoms with van der Waals surface area (Å²) in [5.41, 5.74) is 11.7. The van der Waals surface area contributed by atoms with Gasteiger partial charge in [-0.3, -0.25) is 0 Å². The average molecular weight is 547 g/mol. The molecule has 0 amide bonds. The number of aromatic nitrogens is 2. The lowest BCUT2D eigenvalue weighted by atomic mass is 9.98. The number of rotatable bonds is 2. The number of para-hydroxylation sites is 2. The molecule has 43 heavy (non-hydrogen) atoms. The van der Waals surface area contributed by atoms with Crippen molar-refractivity contribution < 1.29 is 4.42 Å². The normalized spacial score (nSPS) is 12.7. The van der Waals surface area contributed by atoms with Gasteiger partial charge in [-0.1, -0.05) is 72.8 Å². The summed E-state index contributed by atoms with van der Waals surface area (Å²) < 4.78 is 11.1. The summed E-state index contributed by atoms with van der Waals surface area (Å²) in [6.07, 6.45) is 0. The Morgan fingerprint density at radius 3 is 1.70 bits per heavy atom. The number of fused-ring (bicyclic) bond motifs is 4. The van der Waals surface area contributed by atoms with Crippen molar-refractivity contribution in [1.29, 1.82) is 0 Å². The molecule has 0 saturated heterocycles. The van der Waals surface area contributed by atoms with E-state index in [9.17, 15) is 0 Å². The van der Waals surface area contributed by atoms with E-state index in [-0.39, 0.29) is 0 Å². The molecule has 3 heterocycles. The van der Waals surface area contributed by atoms with Crippen molar-refractivity contribution in [3.63, 3.8) is 0 Å². The van der Waals surface area contributed by atoms with Crippen LogP contribution in [0.15, 0.2) is 138 Å². The molecule has 0 aliphatic heterocycles. The molecule has 11 rings (SSSR count). The number of hydrogen-bond acceptors (Lipinski definition) is 1. The van der Waals surface area contributed by atoms with Crippen LogP contribution in [0.4, 0.5) is 0 Å². The van der Waals surface area contributed by atoms with E-state index >= 15 is 0 Å². The van der Waals surface area contributed by atoms with Gasteiger partial charge in [-0.25, -0.2) is 0 Å². The fraction of sp³-hybridized carbons (Fsp3) is 0. The van der Waals surface area contributed by atoms with Crippen LogP contribution in [0.25, 0.3) is 98.8 Å². The highest BCUT2D eigenvalue weighted by molar-refractivity contribution is 6.38. The van der Waals surface area contributed by atoms with Gasteiger partial charge in [-0.2, -0.15) is 0 Å². The summed E-state index contributed by atoms with van der Waals surface area (Å²) in [5.74, 6) is 0. The van der Waals surface area contributed by atoms with E-state index in [4.69, 9.17) is 4.42 Å². The Labute approximate surface area is 245 Å². The van der Waals surface area contributed by atoms with Gasteiger partial charge in [0.2, 0.25) is 0 Å². The zero-order valence-corrected chi connectivity index (χ0v) is 23.0. The van der Waals surface area contributed by atoms with Crippen LogP contribution >= 0.6 is 0 Å². The second-order valence-electron chi connectivity index (χ2n) is 11.7. The lowest BCUT2D eigenvalue weighted by Crippen LogP contribution is -1.94. The van der Waals surface area contributed by atoms with Gasteiger partial charge >= 0.3 is 0 Å². The van der Waals surface area contributed by atoms with Crippen molar-refractivity contribution in [2.45, 2.75) is 0 Å². The second kappa shape index (κ2) is 7.53. The molecule has 198 valence electrons. The molecule has 3 aromatic heterocycles. The van der Waals surface area contributed by atoms with Gasteiger partial charge in [0.25, 0.3) is 0 Å². The third-order valence-electron chi connectivity index (χ3n) is 9.61. The van der Waals surface area contributed by atoms with Gasteiger partial charge in [0.05, 0.1) is 22.1 Å². The monoisotopic (exact) mass is 546 g/mol. The molecule has 0 atom stereocenters. The predicted molar refractivity (Wildman–Crippen MR) is 179 cm³/mol. The molecule has 3 heteroatoms. The first kappa shape index (κ1) is 21.9. The van der Waals surface area contributed by atoms with Crippen LogP contribution in [0, 0.1) is 0 Å². The molecule has 3 nitrogen and oxygen atoms in total. The number of nitrogens with zero attached hydrogens (tertiary/aromatic N) is 2. The first-order valence-electron chi connectivity index (χ1n) is 14.8. The molecule has 0 unspecified atom stereocenters. The van der Waals surface area contributed by atoms with Crippen LogP contribution in [0.3, 0.4) is 0 Å². The lowest BCUT2D eigenvalue weighted by molar-refractivity contribution is 0.669. The van der Waals surface area contributed by atoms with E-state index in [1.54, 1.807) is 0 Å². The van der Waals surface area contributed by atoms with E-state index in [0.29, 0.717) is 0 Å². The molecule has 0 radical (unpaired) electrons. The molecule has 0 bridgehead atoms. The van der Waals surface area contributed by atoms with Crippen LogP contribution in [-0.4, -0.2) is 9.13 Å². The van der Waals surface area contributed by atoms with Gasteiger partial charge in [0, 0.05) is 49.1 Å². The summed E-state index contributed by atoms with van der Waals surface area (Å²) in [5, 5.41) is 10.2. The van der Waals surface area contributed by atoms with Crippen molar-refractivity contribution in [3.8, 4) is 22.5 Å². The van der Waals surface area contributed by atoms with E-state index in [2.05, 4.69) is 130 Å². The standard InChI is InChI=1S/C40H22N2O/c1-2-8-24(9-3-1)41-30-13-6-11-27-28-12-7-14-31-38(28)40-33(20-17-23-16-19-32(41)39(36(23)40)37(27)30)42(31)25-18-21-35-29(22-25)26-10-4-5-15-34(26)43-35/h1-22H. The van der Waals surface area contributed by atoms with E-state index in [0.717, 1.165) is 27.6 Å². The highest BCUT2D eigenvalue weighted by atomic mass is 16.3. The molecule has 0 fully saturated rings. The zero-order valence-electron chi connectivity index (χ0n) is 23.0. The van der Waals surface area contributed by atoms with Crippen molar-refractivity contribution >= 4 is 76.3 Å². The van der Waals surface area contributed by atoms with Crippen LogP contribution in [0.2, 0.25) is 0 Å². The quantitative estimate of drug-likeness (QED) is 0.211. The molecule has 1 aliphatic carbocycles. The summed E-state index contributed by atoms with van der Waals surface area (Å²) in [7, 11) is 0. The lowest BCUT2D eigenvalue weighted by Gasteiger charge is -2.11. The van der Waals surface area contributed by atoms with E-state index in [1.165, 1.54) is 71.2 Å². The molecule has 0 saturated carbocycles. The number of benzene rings is 7. The maximum atomic E-state index is 6.19. The fourth-order valence-electron chi connectivity index (χ4n) is 7.95. The average Bonchev–Trinajstić information content (AvgIpc) is 3.69. The largest absolute Gasteiger partial charge is 0.456 e. The Morgan fingerprint density at radius 2 is 0.977 bits per heavy atom. The minimum Gasteiger partial charge on any atom is -0.456 e. The smallest absolute Gasteiger partial charge is 0.135 e. The van der Waals surface area contributed by atoms with Crippen LogP contribution < -0.4 is 0 Å². The van der Waals surface area contributed by atoms with E-state index < -0.39 is 0 Å². The maximum Gasteiger partial charge on any atom is 0.135 e. The predicted octanol–water partition coefficient (Wildman–Crippen LogP) is 10.9. The topological polar surface area (TPSA) is 23.0 Å². The van der Waals surface area contributed by atoms with Crippen molar-refractivity contribution in [2.75, 3.05) is 0 Å². The Hall–Kier alpha value is -5.80. The second-order valence-corrected chi connectivity index (χ2v) is 11.7. The van der Waals surface area contributed by atoms with Crippen LogP contribution in [0.5, 0.6) is 0 Å². The molecule has 7 aromatic carbocycles. The van der Waals surface area contributed by atoms with Gasteiger partial charge in [0.1, 0.15) is 11.2 Å². The summed E-state index contributed by atoms with van der Waals surface area (Å²) in [6.45, 7) is 0. The van der Waals surface area contributed by atoms with Gasteiger partial charge in [-0.15, -0.1) is 0 Å². The minimum atomic E-state index is 0.915. The SMILES string of the molecule is c1ccc(-n2c3cccc4c3c3c5c(ccc32)ccc2c5c3c-4cccc3n2-c2ccc3oc4ccccc4c3c2)cc1. The summed E-state index contributed by atoms with van der Waals surface area (Å²) in [6, 6.07) is 48.5. The minimum absolute atomic E-state index is 0.915. The zero-order chi connectivity index (χ0) is 27.8. The van der Waals surface area contributed by atoms with Crippen molar-refractivity contribution in [1.82, 2.24) is 9.13 Å². The van der Waals surface area contributed by atoms with Gasteiger partial charge in [0.15, 0.2) is 0 Å². The molecule has 0 N–H and O–H groups in total. The van der Waals surface area contributed by atoms with Gasteiger partial charge in [-0.05, 0) is 77.2 Å². The Morgan fingerprint density at radius 1 is 0.372 bits per heavy atom. The molecule has 1 aliphatic rings. The molecule has 10 aromatic rings. The number of hydrogen-bond donors (Lipinski definition) is 0. The fourth-order valence-corrected chi connectivity index (χ4v) is 7.95.